The van der Waals surface area contributed by atoms with Gasteiger partial charge in [-0.15, -0.1) is 0 Å². The molecule has 5 nitrogen and oxygen atoms in total. The molecule has 5 heteroatoms. The fraction of sp³-hybridized carbons (Fsp3) is 0.429. The fourth-order valence-corrected chi connectivity index (χ4v) is 2.08. The van der Waals surface area contributed by atoms with Gasteiger partial charge in [0.2, 0.25) is 5.91 Å². The van der Waals surface area contributed by atoms with Crippen LogP contribution in [-0.2, 0) is 11.3 Å². The molecular weight excluding hydrogens is 242 g/mol. The monoisotopic (exact) mass is 261 g/mol. The van der Waals surface area contributed by atoms with Crippen molar-refractivity contribution in [1.82, 2.24) is 15.1 Å². The molecule has 1 aromatic carbocycles. The first kappa shape index (κ1) is 13.5. The molecule has 1 atom stereocenters. The molecule has 102 valence electrons. The van der Waals surface area contributed by atoms with Crippen molar-refractivity contribution in [2.45, 2.75) is 32.4 Å². The standard InChI is InChI=1S/C14H19N3O2/c1-11(5-4-8-18)16-14(19)10-17-13-7-3-2-6-12(13)9-15-17/h2-3,6-7,9,11,18H,4-5,8,10H2,1H3,(H,16,19). The first-order valence-corrected chi connectivity index (χ1v) is 6.51. The molecule has 1 amide bonds. The molecule has 2 N–H and O–H groups in total. The Morgan fingerprint density at radius 1 is 1.47 bits per heavy atom. The van der Waals surface area contributed by atoms with Crippen molar-refractivity contribution in [3.63, 3.8) is 0 Å². The van der Waals surface area contributed by atoms with Crippen LogP contribution in [0.2, 0.25) is 0 Å². The van der Waals surface area contributed by atoms with Gasteiger partial charge in [0.1, 0.15) is 6.54 Å². The molecule has 2 rings (SSSR count). The molecule has 0 fully saturated rings. The van der Waals surface area contributed by atoms with E-state index in [1.54, 1.807) is 10.9 Å². The van der Waals surface area contributed by atoms with Gasteiger partial charge < -0.3 is 10.4 Å². The molecule has 2 aromatic rings. The van der Waals surface area contributed by atoms with Gasteiger partial charge in [-0.05, 0) is 25.8 Å². The van der Waals surface area contributed by atoms with Gasteiger partial charge in [-0.3, -0.25) is 9.48 Å². The molecular formula is C14H19N3O2. The summed E-state index contributed by atoms with van der Waals surface area (Å²) in [5, 5.41) is 16.9. The van der Waals surface area contributed by atoms with Crippen LogP contribution in [0, 0.1) is 0 Å². The average molecular weight is 261 g/mol. The topological polar surface area (TPSA) is 67.2 Å². The van der Waals surface area contributed by atoms with Crippen molar-refractivity contribution in [3.8, 4) is 0 Å². The number of nitrogens with one attached hydrogen (secondary N) is 1. The van der Waals surface area contributed by atoms with E-state index in [1.807, 2.05) is 31.2 Å². The van der Waals surface area contributed by atoms with E-state index in [2.05, 4.69) is 10.4 Å². The molecule has 0 bridgehead atoms. The van der Waals surface area contributed by atoms with Gasteiger partial charge in [0.05, 0.1) is 11.7 Å². The summed E-state index contributed by atoms with van der Waals surface area (Å²) in [5.41, 5.74) is 0.959. The summed E-state index contributed by atoms with van der Waals surface area (Å²) in [5.74, 6) is -0.0562. The van der Waals surface area contributed by atoms with Gasteiger partial charge >= 0.3 is 0 Å². The summed E-state index contributed by atoms with van der Waals surface area (Å²) >= 11 is 0. The van der Waals surface area contributed by atoms with Crippen LogP contribution >= 0.6 is 0 Å². The number of hydrogen-bond donors (Lipinski definition) is 2. The van der Waals surface area contributed by atoms with Crippen LogP contribution in [0.3, 0.4) is 0 Å². The fourth-order valence-electron chi connectivity index (χ4n) is 2.08. The third-order valence-corrected chi connectivity index (χ3v) is 3.05. The predicted molar refractivity (Wildman–Crippen MR) is 73.7 cm³/mol. The van der Waals surface area contributed by atoms with E-state index in [4.69, 9.17) is 5.11 Å². The third-order valence-electron chi connectivity index (χ3n) is 3.05. The molecule has 0 aliphatic carbocycles. The highest BCUT2D eigenvalue weighted by Gasteiger charge is 2.10. The maximum atomic E-state index is 11.9. The number of aliphatic hydroxyl groups is 1. The van der Waals surface area contributed by atoms with Crippen LogP contribution in [0.5, 0.6) is 0 Å². The number of hydrogen-bond acceptors (Lipinski definition) is 3. The largest absolute Gasteiger partial charge is 0.396 e. The molecule has 0 spiro atoms. The summed E-state index contributed by atoms with van der Waals surface area (Å²) in [6.45, 7) is 2.32. The Bertz CT molecular complexity index is 550. The van der Waals surface area contributed by atoms with E-state index in [0.717, 1.165) is 17.3 Å². The molecule has 1 aromatic heterocycles. The highest BCUT2D eigenvalue weighted by molar-refractivity contribution is 5.82. The smallest absolute Gasteiger partial charge is 0.241 e. The number of nitrogens with zero attached hydrogens (tertiary/aromatic N) is 2. The zero-order chi connectivity index (χ0) is 13.7. The molecule has 0 saturated carbocycles. The summed E-state index contributed by atoms with van der Waals surface area (Å²) in [4.78, 5) is 11.9. The summed E-state index contributed by atoms with van der Waals surface area (Å²) in [6, 6.07) is 7.88. The maximum absolute atomic E-state index is 11.9. The van der Waals surface area contributed by atoms with Crippen molar-refractivity contribution in [1.29, 1.82) is 0 Å². The Balaban J connectivity index is 1.95. The second kappa shape index (κ2) is 6.33. The third kappa shape index (κ3) is 3.54. The van der Waals surface area contributed by atoms with E-state index in [9.17, 15) is 4.79 Å². The lowest BCUT2D eigenvalue weighted by Gasteiger charge is -2.13. The normalized spacial score (nSPS) is 12.5. The van der Waals surface area contributed by atoms with E-state index in [0.29, 0.717) is 6.42 Å². The van der Waals surface area contributed by atoms with Crippen molar-refractivity contribution < 1.29 is 9.90 Å². The minimum atomic E-state index is -0.0562. The lowest BCUT2D eigenvalue weighted by molar-refractivity contribution is -0.122. The first-order valence-electron chi connectivity index (χ1n) is 6.51. The van der Waals surface area contributed by atoms with E-state index < -0.39 is 0 Å². The van der Waals surface area contributed by atoms with Crippen LogP contribution in [0.1, 0.15) is 19.8 Å². The minimum absolute atomic E-state index is 0.0562. The van der Waals surface area contributed by atoms with Crippen molar-refractivity contribution in [2.75, 3.05) is 6.61 Å². The molecule has 0 saturated heterocycles. The number of carbonyl (C=O) groups excluding carboxylic acids is 1. The number of fused-ring (bicyclic) bond motifs is 1. The van der Waals surface area contributed by atoms with Gasteiger partial charge in [0.25, 0.3) is 0 Å². The number of carbonyl (C=O) groups is 1. The Hall–Kier alpha value is -1.88. The van der Waals surface area contributed by atoms with Crippen LogP contribution in [0.4, 0.5) is 0 Å². The Kier molecular flexibility index (Phi) is 4.52. The number of aliphatic hydroxyl groups excluding tert-OH is 1. The van der Waals surface area contributed by atoms with Gasteiger partial charge in [-0.25, -0.2) is 0 Å². The lowest BCUT2D eigenvalue weighted by atomic mass is 10.2. The van der Waals surface area contributed by atoms with Crippen molar-refractivity contribution in [3.05, 3.63) is 30.5 Å². The predicted octanol–water partition coefficient (Wildman–Crippen LogP) is 1.31. The zero-order valence-electron chi connectivity index (χ0n) is 11.0. The number of amides is 1. The van der Waals surface area contributed by atoms with E-state index >= 15 is 0 Å². The van der Waals surface area contributed by atoms with Crippen LogP contribution in [0.15, 0.2) is 30.5 Å². The van der Waals surface area contributed by atoms with Crippen LogP contribution < -0.4 is 5.32 Å². The average Bonchev–Trinajstić information content (AvgIpc) is 2.80. The second-order valence-electron chi connectivity index (χ2n) is 4.70. The number of aromatic nitrogens is 2. The van der Waals surface area contributed by atoms with Gasteiger partial charge in [0, 0.05) is 18.0 Å². The van der Waals surface area contributed by atoms with Crippen LogP contribution in [-0.4, -0.2) is 33.4 Å². The van der Waals surface area contributed by atoms with Crippen LogP contribution in [0.25, 0.3) is 10.9 Å². The second-order valence-corrected chi connectivity index (χ2v) is 4.70. The number of rotatable bonds is 6. The lowest BCUT2D eigenvalue weighted by Crippen LogP contribution is -2.35. The molecule has 19 heavy (non-hydrogen) atoms. The summed E-state index contributed by atoms with van der Waals surface area (Å²) < 4.78 is 1.70. The Morgan fingerprint density at radius 3 is 3.05 bits per heavy atom. The van der Waals surface area contributed by atoms with Gasteiger partial charge in [-0.2, -0.15) is 5.10 Å². The first-order chi connectivity index (χ1) is 9.20. The van der Waals surface area contributed by atoms with Gasteiger partial charge in [-0.1, -0.05) is 18.2 Å². The zero-order valence-corrected chi connectivity index (χ0v) is 11.0. The molecule has 1 unspecified atom stereocenters. The molecule has 1 heterocycles. The molecule has 0 aliphatic rings. The quantitative estimate of drug-likeness (QED) is 0.824. The molecule has 0 aliphatic heterocycles. The summed E-state index contributed by atoms with van der Waals surface area (Å²) in [7, 11) is 0. The molecule has 0 radical (unpaired) electrons. The van der Waals surface area contributed by atoms with Crippen molar-refractivity contribution in [2.24, 2.45) is 0 Å². The van der Waals surface area contributed by atoms with E-state index in [-0.39, 0.29) is 25.1 Å². The summed E-state index contributed by atoms with van der Waals surface area (Å²) in [6.07, 6.45) is 3.24. The highest BCUT2D eigenvalue weighted by atomic mass is 16.3. The SMILES string of the molecule is CC(CCCO)NC(=O)Cn1ncc2ccccc21. The number of benzene rings is 1. The minimum Gasteiger partial charge on any atom is -0.396 e. The van der Waals surface area contributed by atoms with Gasteiger partial charge in [0.15, 0.2) is 0 Å². The van der Waals surface area contributed by atoms with Crippen molar-refractivity contribution >= 4 is 16.8 Å². The maximum Gasteiger partial charge on any atom is 0.241 e. The van der Waals surface area contributed by atoms with E-state index in [1.165, 1.54) is 0 Å². The highest BCUT2D eigenvalue weighted by Crippen LogP contribution is 2.12. The Labute approximate surface area is 112 Å². The Morgan fingerprint density at radius 2 is 2.26 bits per heavy atom. The number of para-hydroxylation sites is 1.